The van der Waals surface area contributed by atoms with Crippen LogP contribution in [0.15, 0.2) is 30.5 Å². The Bertz CT molecular complexity index is 437. The molecule has 1 aromatic heterocycles. The third kappa shape index (κ3) is 1.65. The van der Waals surface area contributed by atoms with E-state index < -0.39 is 0 Å². The van der Waals surface area contributed by atoms with Crippen molar-refractivity contribution in [2.24, 2.45) is 0 Å². The number of aryl methyl sites for hydroxylation is 1. The smallest absolute Gasteiger partial charge is 0.0716 e. The highest BCUT2D eigenvalue weighted by Crippen LogP contribution is 2.18. The lowest BCUT2D eigenvalue weighted by Crippen LogP contribution is -1.84. The van der Waals surface area contributed by atoms with E-state index in [0.717, 1.165) is 22.3 Å². The minimum atomic E-state index is 0.740. The Morgan fingerprint density at radius 1 is 1.31 bits per heavy atom. The Hall–Kier alpha value is -1.08. The lowest BCUT2D eigenvalue weighted by molar-refractivity contribution is 1.12. The summed E-state index contributed by atoms with van der Waals surface area (Å²) in [4.78, 5) is 4.33. The van der Waals surface area contributed by atoms with Crippen LogP contribution in [0.5, 0.6) is 0 Å². The number of pyridine rings is 1. The Labute approximate surface area is 82.4 Å². The summed E-state index contributed by atoms with van der Waals surface area (Å²) in [6.45, 7) is 2.12. The number of rotatable bonds is 1. The quantitative estimate of drug-likeness (QED) is 0.673. The van der Waals surface area contributed by atoms with Crippen molar-refractivity contribution in [3.8, 4) is 0 Å². The number of nitrogens with zero attached hydrogens (tertiary/aromatic N) is 1. The van der Waals surface area contributed by atoms with Crippen LogP contribution < -0.4 is 0 Å². The van der Waals surface area contributed by atoms with E-state index in [4.69, 9.17) is 11.6 Å². The van der Waals surface area contributed by atoms with Gasteiger partial charge in [-0.05, 0) is 30.2 Å². The van der Waals surface area contributed by atoms with Gasteiger partial charge < -0.3 is 0 Å². The van der Waals surface area contributed by atoms with E-state index in [1.165, 1.54) is 5.56 Å². The van der Waals surface area contributed by atoms with E-state index in [2.05, 4.69) is 18.0 Å². The molecule has 1 heterocycles. The Kier molecular flexibility index (Phi) is 2.19. The fourth-order valence-electron chi connectivity index (χ4n) is 1.33. The van der Waals surface area contributed by atoms with Gasteiger partial charge in [0.25, 0.3) is 0 Å². The van der Waals surface area contributed by atoms with Gasteiger partial charge in [-0.25, -0.2) is 0 Å². The van der Waals surface area contributed by atoms with Crippen molar-refractivity contribution in [2.75, 3.05) is 0 Å². The fraction of sp³-hybridized carbons (Fsp3) is 0.182. The molecule has 0 aliphatic heterocycles. The summed E-state index contributed by atoms with van der Waals surface area (Å²) in [5, 5.41) is 1.90. The van der Waals surface area contributed by atoms with Gasteiger partial charge in [-0.3, -0.25) is 4.98 Å². The third-order valence-electron chi connectivity index (χ3n) is 2.11. The van der Waals surface area contributed by atoms with Crippen LogP contribution in [0.3, 0.4) is 0 Å². The molecule has 0 aliphatic rings. The van der Waals surface area contributed by atoms with E-state index in [9.17, 15) is 0 Å². The van der Waals surface area contributed by atoms with Crippen molar-refractivity contribution in [2.45, 2.75) is 13.3 Å². The number of aromatic nitrogens is 1. The molecule has 0 spiro atoms. The standard InChI is InChI=1S/C11H10ClN/c1-2-8-5-9-3-4-10(12)6-11(9)13-7-8/h3-7H,2H2,1H3. The van der Waals surface area contributed by atoms with E-state index in [0.29, 0.717) is 0 Å². The van der Waals surface area contributed by atoms with Crippen LogP contribution in [0.4, 0.5) is 0 Å². The van der Waals surface area contributed by atoms with Gasteiger partial charge in [0.1, 0.15) is 0 Å². The van der Waals surface area contributed by atoms with Gasteiger partial charge in [0.15, 0.2) is 0 Å². The molecule has 0 unspecified atom stereocenters. The molecular formula is C11H10ClN. The number of fused-ring (bicyclic) bond motifs is 1. The minimum absolute atomic E-state index is 0.740. The number of hydrogen-bond donors (Lipinski definition) is 0. The highest BCUT2D eigenvalue weighted by molar-refractivity contribution is 6.31. The fourth-order valence-corrected chi connectivity index (χ4v) is 1.50. The molecule has 0 amide bonds. The molecule has 0 bridgehead atoms. The van der Waals surface area contributed by atoms with Gasteiger partial charge >= 0.3 is 0 Å². The monoisotopic (exact) mass is 191 g/mol. The second kappa shape index (κ2) is 3.35. The molecule has 1 aromatic carbocycles. The maximum absolute atomic E-state index is 5.85. The molecule has 66 valence electrons. The average molecular weight is 192 g/mol. The van der Waals surface area contributed by atoms with Crippen LogP contribution in [-0.2, 0) is 6.42 Å². The van der Waals surface area contributed by atoms with Gasteiger partial charge in [-0.1, -0.05) is 24.6 Å². The highest BCUT2D eigenvalue weighted by Gasteiger charge is 1.96. The summed E-state index contributed by atoms with van der Waals surface area (Å²) >= 11 is 5.85. The Balaban J connectivity index is 2.66. The molecular weight excluding hydrogens is 182 g/mol. The zero-order valence-corrected chi connectivity index (χ0v) is 8.17. The first kappa shape index (κ1) is 8.52. The van der Waals surface area contributed by atoms with Gasteiger partial charge in [-0.15, -0.1) is 0 Å². The Morgan fingerprint density at radius 2 is 2.15 bits per heavy atom. The highest BCUT2D eigenvalue weighted by atomic mass is 35.5. The summed E-state index contributed by atoms with van der Waals surface area (Å²) in [6, 6.07) is 7.93. The van der Waals surface area contributed by atoms with Crippen molar-refractivity contribution < 1.29 is 0 Å². The van der Waals surface area contributed by atoms with E-state index >= 15 is 0 Å². The van der Waals surface area contributed by atoms with Crippen molar-refractivity contribution in [1.82, 2.24) is 4.98 Å². The van der Waals surface area contributed by atoms with Crippen molar-refractivity contribution >= 4 is 22.5 Å². The topological polar surface area (TPSA) is 12.9 Å². The summed E-state index contributed by atoms with van der Waals surface area (Å²) in [6.07, 6.45) is 2.92. The van der Waals surface area contributed by atoms with Gasteiger partial charge in [0, 0.05) is 16.6 Å². The molecule has 0 aliphatic carbocycles. The molecule has 1 nitrogen and oxygen atoms in total. The molecule has 0 fully saturated rings. The molecule has 0 atom stereocenters. The summed E-state index contributed by atoms with van der Waals surface area (Å²) in [5.41, 5.74) is 2.22. The van der Waals surface area contributed by atoms with Crippen LogP contribution in [0.2, 0.25) is 5.02 Å². The van der Waals surface area contributed by atoms with Crippen LogP contribution >= 0.6 is 11.6 Å². The molecule has 0 saturated carbocycles. The third-order valence-corrected chi connectivity index (χ3v) is 2.35. The molecule has 2 heteroatoms. The SMILES string of the molecule is CCc1cnc2cc(Cl)ccc2c1. The first-order valence-corrected chi connectivity index (χ1v) is 4.71. The zero-order chi connectivity index (χ0) is 9.26. The second-order valence-electron chi connectivity index (χ2n) is 3.03. The maximum Gasteiger partial charge on any atom is 0.0716 e. The predicted molar refractivity (Wildman–Crippen MR) is 56.1 cm³/mol. The van der Waals surface area contributed by atoms with Crippen molar-refractivity contribution in [3.63, 3.8) is 0 Å². The molecule has 0 N–H and O–H groups in total. The normalized spacial score (nSPS) is 10.6. The summed E-state index contributed by atoms with van der Waals surface area (Å²) in [5.74, 6) is 0. The lowest BCUT2D eigenvalue weighted by atomic mass is 10.1. The zero-order valence-electron chi connectivity index (χ0n) is 7.42. The lowest BCUT2D eigenvalue weighted by Gasteiger charge is -2.00. The maximum atomic E-state index is 5.85. The van der Waals surface area contributed by atoms with E-state index in [1.807, 2.05) is 24.4 Å². The van der Waals surface area contributed by atoms with E-state index in [1.54, 1.807) is 0 Å². The molecule has 13 heavy (non-hydrogen) atoms. The first-order valence-electron chi connectivity index (χ1n) is 4.34. The van der Waals surface area contributed by atoms with Gasteiger partial charge in [-0.2, -0.15) is 0 Å². The van der Waals surface area contributed by atoms with Gasteiger partial charge in [0.2, 0.25) is 0 Å². The van der Waals surface area contributed by atoms with Crippen LogP contribution in [0.25, 0.3) is 10.9 Å². The van der Waals surface area contributed by atoms with Crippen LogP contribution in [-0.4, -0.2) is 4.98 Å². The number of hydrogen-bond acceptors (Lipinski definition) is 1. The van der Waals surface area contributed by atoms with E-state index in [-0.39, 0.29) is 0 Å². The molecule has 0 saturated heterocycles. The first-order chi connectivity index (χ1) is 6.29. The average Bonchev–Trinajstić information content (AvgIpc) is 2.17. The second-order valence-corrected chi connectivity index (χ2v) is 3.47. The number of halogens is 1. The molecule has 2 rings (SSSR count). The largest absolute Gasteiger partial charge is 0.256 e. The van der Waals surface area contributed by atoms with Crippen LogP contribution in [0.1, 0.15) is 12.5 Å². The minimum Gasteiger partial charge on any atom is -0.256 e. The summed E-state index contributed by atoms with van der Waals surface area (Å²) in [7, 11) is 0. The van der Waals surface area contributed by atoms with Crippen molar-refractivity contribution in [1.29, 1.82) is 0 Å². The molecule has 0 radical (unpaired) electrons. The van der Waals surface area contributed by atoms with Crippen LogP contribution in [0, 0.1) is 0 Å². The number of benzene rings is 1. The molecule has 2 aromatic rings. The van der Waals surface area contributed by atoms with Gasteiger partial charge in [0.05, 0.1) is 5.52 Å². The van der Waals surface area contributed by atoms with Crippen molar-refractivity contribution in [3.05, 3.63) is 41.0 Å². The Morgan fingerprint density at radius 3 is 2.92 bits per heavy atom. The predicted octanol–water partition coefficient (Wildman–Crippen LogP) is 3.45. The summed E-state index contributed by atoms with van der Waals surface area (Å²) < 4.78 is 0.